The Bertz CT molecular complexity index is 728. The zero-order valence-corrected chi connectivity index (χ0v) is 14.5. The number of amides is 1. The third-order valence-electron chi connectivity index (χ3n) is 4.05. The molecule has 1 unspecified atom stereocenters. The van der Waals surface area contributed by atoms with Crippen molar-refractivity contribution in [1.29, 1.82) is 0 Å². The molecule has 0 radical (unpaired) electrons. The highest BCUT2D eigenvalue weighted by Crippen LogP contribution is 2.37. The minimum atomic E-state index is -0.177. The number of hydrogen-bond acceptors (Lipinski definition) is 4. The van der Waals surface area contributed by atoms with Gasteiger partial charge in [-0.15, -0.1) is 0 Å². The van der Waals surface area contributed by atoms with E-state index < -0.39 is 0 Å². The molecule has 0 bridgehead atoms. The van der Waals surface area contributed by atoms with Crippen LogP contribution in [-0.2, 0) is 10.2 Å². The van der Waals surface area contributed by atoms with Gasteiger partial charge in [0, 0.05) is 18.4 Å². The summed E-state index contributed by atoms with van der Waals surface area (Å²) in [6.07, 6.45) is 0.358. The van der Waals surface area contributed by atoms with Gasteiger partial charge in [-0.05, 0) is 18.6 Å². The molecule has 1 saturated heterocycles. The molecule has 3 rings (SSSR count). The Balaban J connectivity index is 1.87. The van der Waals surface area contributed by atoms with Crippen molar-refractivity contribution >= 4 is 23.2 Å². The Labute approximate surface area is 140 Å². The van der Waals surface area contributed by atoms with Gasteiger partial charge in [-0.25, -0.2) is 0 Å². The van der Waals surface area contributed by atoms with E-state index in [9.17, 15) is 4.79 Å². The lowest BCUT2D eigenvalue weighted by atomic mass is 9.96. The van der Waals surface area contributed by atoms with E-state index in [1.165, 1.54) is 0 Å². The van der Waals surface area contributed by atoms with Crippen LogP contribution in [-0.4, -0.2) is 22.6 Å². The topological polar surface area (TPSA) is 59.2 Å². The molecule has 1 aromatic carbocycles. The number of halogens is 1. The number of aryl methyl sites for hydroxylation is 1. The minimum Gasteiger partial charge on any atom is -0.339 e. The minimum absolute atomic E-state index is 0.0294. The van der Waals surface area contributed by atoms with E-state index in [0.717, 1.165) is 11.3 Å². The number of carbonyl (C=O) groups is 1. The van der Waals surface area contributed by atoms with Gasteiger partial charge in [-0.1, -0.05) is 49.7 Å². The van der Waals surface area contributed by atoms with Crippen molar-refractivity contribution in [2.45, 2.75) is 45.4 Å². The Hall–Kier alpha value is -1.88. The number of carbonyl (C=O) groups excluding carboxylic acids is 1. The lowest BCUT2D eigenvalue weighted by Crippen LogP contribution is -2.25. The highest BCUT2D eigenvalue weighted by Gasteiger charge is 2.37. The van der Waals surface area contributed by atoms with Gasteiger partial charge >= 0.3 is 0 Å². The second kappa shape index (κ2) is 5.64. The van der Waals surface area contributed by atoms with Crippen LogP contribution in [0.15, 0.2) is 22.7 Å². The van der Waals surface area contributed by atoms with Crippen molar-refractivity contribution in [1.82, 2.24) is 10.1 Å². The number of rotatable bonds is 2. The number of nitrogens with zero attached hydrogens (tertiary/aromatic N) is 3. The van der Waals surface area contributed by atoms with Crippen LogP contribution in [0.25, 0.3) is 0 Å². The van der Waals surface area contributed by atoms with E-state index in [0.29, 0.717) is 29.7 Å². The average molecular weight is 334 g/mol. The van der Waals surface area contributed by atoms with Crippen LogP contribution in [0, 0.1) is 6.92 Å². The van der Waals surface area contributed by atoms with Gasteiger partial charge in [-0.3, -0.25) is 4.79 Å². The number of aromatic nitrogens is 2. The lowest BCUT2D eigenvalue weighted by molar-refractivity contribution is -0.117. The first kappa shape index (κ1) is 16.0. The molecule has 1 atom stereocenters. The Morgan fingerprint density at radius 2 is 2.09 bits per heavy atom. The summed E-state index contributed by atoms with van der Waals surface area (Å²) in [7, 11) is 0. The van der Waals surface area contributed by atoms with Crippen LogP contribution in [0.1, 0.15) is 50.4 Å². The first-order valence-electron chi connectivity index (χ1n) is 7.67. The van der Waals surface area contributed by atoms with Crippen molar-refractivity contribution in [2.75, 3.05) is 11.4 Å². The fourth-order valence-corrected chi connectivity index (χ4v) is 3.08. The quantitative estimate of drug-likeness (QED) is 0.837. The molecule has 1 aromatic heterocycles. The summed E-state index contributed by atoms with van der Waals surface area (Å²) >= 11 is 6.29. The fourth-order valence-electron chi connectivity index (χ4n) is 2.76. The van der Waals surface area contributed by atoms with Gasteiger partial charge in [0.15, 0.2) is 5.82 Å². The first-order valence-corrected chi connectivity index (χ1v) is 8.04. The predicted molar refractivity (Wildman–Crippen MR) is 88.9 cm³/mol. The maximum absolute atomic E-state index is 12.4. The maximum atomic E-state index is 12.4. The highest BCUT2D eigenvalue weighted by molar-refractivity contribution is 6.34. The molecule has 1 aliphatic heterocycles. The second-order valence-corrected chi connectivity index (χ2v) is 7.42. The molecule has 2 aromatic rings. The molecule has 0 spiro atoms. The van der Waals surface area contributed by atoms with Gasteiger partial charge in [-0.2, -0.15) is 4.98 Å². The summed E-state index contributed by atoms with van der Waals surface area (Å²) in [4.78, 5) is 18.7. The first-order chi connectivity index (χ1) is 10.8. The third kappa shape index (κ3) is 2.98. The summed E-state index contributed by atoms with van der Waals surface area (Å²) in [6.45, 7) is 8.55. The van der Waals surface area contributed by atoms with E-state index in [1.54, 1.807) is 11.0 Å². The number of benzene rings is 1. The largest absolute Gasteiger partial charge is 0.339 e. The summed E-state index contributed by atoms with van der Waals surface area (Å²) < 4.78 is 5.40. The number of hydrogen-bond donors (Lipinski definition) is 0. The molecule has 0 aliphatic carbocycles. The molecular formula is C17H20ClN3O2. The van der Waals surface area contributed by atoms with Crippen molar-refractivity contribution < 1.29 is 9.32 Å². The monoisotopic (exact) mass is 333 g/mol. The normalized spacial score (nSPS) is 18.7. The number of para-hydroxylation sites is 1. The molecule has 0 saturated carbocycles. The van der Waals surface area contributed by atoms with Gasteiger partial charge in [0.1, 0.15) is 0 Å². The van der Waals surface area contributed by atoms with Crippen LogP contribution in [0.5, 0.6) is 0 Å². The van der Waals surface area contributed by atoms with Crippen molar-refractivity contribution in [3.8, 4) is 0 Å². The van der Waals surface area contributed by atoms with Crippen molar-refractivity contribution in [2.24, 2.45) is 0 Å². The Morgan fingerprint density at radius 1 is 1.35 bits per heavy atom. The van der Waals surface area contributed by atoms with E-state index in [-0.39, 0.29) is 17.2 Å². The third-order valence-corrected chi connectivity index (χ3v) is 4.35. The van der Waals surface area contributed by atoms with Gasteiger partial charge in [0.25, 0.3) is 0 Å². The molecule has 2 heterocycles. The van der Waals surface area contributed by atoms with Gasteiger partial charge < -0.3 is 9.42 Å². The summed E-state index contributed by atoms with van der Waals surface area (Å²) in [6, 6.07) is 5.63. The van der Waals surface area contributed by atoms with Crippen LogP contribution in [0.3, 0.4) is 0 Å². The standard InChI is InChI=1S/C17H20ClN3O2/c1-10-6-5-7-12(18)14(10)21-9-11(8-13(21)22)15-19-16(20-23-15)17(2,3)4/h5-7,11H,8-9H2,1-4H3. The summed E-state index contributed by atoms with van der Waals surface area (Å²) in [5.74, 6) is 1.12. The van der Waals surface area contributed by atoms with E-state index >= 15 is 0 Å². The molecule has 1 fully saturated rings. The van der Waals surface area contributed by atoms with E-state index in [4.69, 9.17) is 16.1 Å². The average Bonchev–Trinajstić information content (AvgIpc) is 3.05. The Morgan fingerprint density at radius 3 is 2.70 bits per heavy atom. The Kier molecular flexibility index (Phi) is 3.92. The SMILES string of the molecule is Cc1cccc(Cl)c1N1CC(c2nc(C(C)(C)C)no2)CC1=O. The molecule has 6 heteroatoms. The predicted octanol–water partition coefficient (Wildman–Crippen LogP) is 3.85. The smallest absolute Gasteiger partial charge is 0.232 e. The molecule has 122 valence electrons. The molecular weight excluding hydrogens is 314 g/mol. The fraction of sp³-hybridized carbons (Fsp3) is 0.471. The van der Waals surface area contributed by atoms with Crippen LogP contribution >= 0.6 is 11.6 Å². The number of anilines is 1. The molecule has 0 N–H and O–H groups in total. The van der Waals surface area contributed by atoms with Gasteiger partial charge in [0.05, 0.1) is 16.6 Å². The van der Waals surface area contributed by atoms with E-state index in [1.807, 2.05) is 39.8 Å². The summed E-state index contributed by atoms with van der Waals surface area (Å²) in [5, 5.41) is 4.63. The zero-order valence-electron chi connectivity index (χ0n) is 13.8. The van der Waals surface area contributed by atoms with Crippen LogP contribution in [0.4, 0.5) is 5.69 Å². The maximum Gasteiger partial charge on any atom is 0.232 e. The molecule has 23 heavy (non-hydrogen) atoms. The zero-order chi connectivity index (χ0) is 16.8. The van der Waals surface area contributed by atoms with E-state index in [2.05, 4.69) is 10.1 Å². The molecule has 1 aliphatic rings. The molecule has 1 amide bonds. The van der Waals surface area contributed by atoms with Gasteiger partial charge in [0.2, 0.25) is 11.8 Å². The van der Waals surface area contributed by atoms with Crippen LogP contribution in [0.2, 0.25) is 5.02 Å². The lowest BCUT2D eigenvalue weighted by Gasteiger charge is -2.20. The second-order valence-electron chi connectivity index (χ2n) is 7.02. The van der Waals surface area contributed by atoms with Crippen molar-refractivity contribution in [3.05, 3.63) is 40.5 Å². The van der Waals surface area contributed by atoms with Crippen molar-refractivity contribution in [3.63, 3.8) is 0 Å². The van der Waals surface area contributed by atoms with Crippen LogP contribution < -0.4 is 4.90 Å². The molecule has 5 nitrogen and oxygen atoms in total. The highest BCUT2D eigenvalue weighted by atomic mass is 35.5. The summed E-state index contributed by atoms with van der Waals surface area (Å²) in [5.41, 5.74) is 1.58.